The summed E-state index contributed by atoms with van der Waals surface area (Å²) in [6.45, 7) is 0. The van der Waals surface area contributed by atoms with Gasteiger partial charge in [-0.1, -0.05) is 37.3 Å². The van der Waals surface area contributed by atoms with Gasteiger partial charge in [0.15, 0.2) is 0 Å². The molecule has 1 aromatic rings. The molecule has 1 unspecified atom stereocenters. The van der Waals surface area contributed by atoms with Gasteiger partial charge in [-0.25, -0.2) is 0 Å². The molecular formula is C14H20ClNOS. The van der Waals surface area contributed by atoms with E-state index in [1.165, 1.54) is 25.7 Å². The van der Waals surface area contributed by atoms with Gasteiger partial charge < -0.3 is 10.8 Å². The Morgan fingerprint density at radius 2 is 2.11 bits per heavy atom. The zero-order valence-corrected chi connectivity index (χ0v) is 12.0. The number of anilines is 1. The number of thioether (sulfide) groups is 1. The lowest BCUT2D eigenvalue weighted by molar-refractivity contribution is 0.166. The molecule has 0 radical (unpaired) electrons. The van der Waals surface area contributed by atoms with Gasteiger partial charge in [0.25, 0.3) is 0 Å². The van der Waals surface area contributed by atoms with Gasteiger partial charge in [-0.2, -0.15) is 0 Å². The van der Waals surface area contributed by atoms with Crippen LogP contribution in [-0.2, 0) is 0 Å². The van der Waals surface area contributed by atoms with Gasteiger partial charge in [-0.3, -0.25) is 0 Å². The summed E-state index contributed by atoms with van der Waals surface area (Å²) in [5, 5.41) is 10.7. The number of aliphatic hydroxyl groups excluding tert-OH is 1. The van der Waals surface area contributed by atoms with Crippen molar-refractivity contribution >= 4 is 29.1 Å². The third-order valence-electron chi connectivity index (χ3n) is 3.48. The van der Waals surface area contributed by atoms with E-state index in [-0.39, 0.29) is 6.10 Å². The lowest BCUT2D eigenvalue weighted by Crippen LogP contribution is -2.14. The van der Waals surface area contributed by atoms with Crippen molar-refractivity contribution in [3.05, 3.63) is 23.2 Å². The monoisotopic (exact) mass is 285 g/mol. The molecule has 1 aliphatic carbocycles. The second kappa shape index (κ2) is 6.69. The van der Waals surface area contributed by atoms with Crippen molar-refractivity contribution in [1.29, 1.82) is 0 Å². The van der Waals surface area contributed by atoms with Gasteiger partial charge in [-0.05, 0) is 30.5 Å². The molecule has 0 aromatic heterocycles. The van der Waals surface area contributed by atoms with E-state index in [0.29, 0.717) is 16.5 Å². The molecule has 0 heterocycles. The number of hydrogen-bond donors (Lipinski definition) is 2. The van der Waals surface area contributed by atoms with Crippen LogP contribution in [0.2, 0.25) is 5.02 Å². The molecule has 0 amide bonds. The second-order valence-electron chi connectivity index (χ2n) is 5.03. The van der Waals surface area contributed by atoms with Crippen LogP contribution in [0.5, 0.6) is 0 Å². The van der Waals surface area contributed by atoms with Crippen LogP contribution in [0, 0.1) is 5.92 Å². The first-order valence-corrected chi connectivity index (χ1v) is 7.87. The van der Waals surface area contributed by atoms with Crippen molar-refractivity contribution < 1.29 is 5.11 Å². The molecule has 1 atom stereocenters. The van der Waals surface area contributed by atoms with E-state index in [9.17, 15) is 5.11 Å². The van der Waals surface area contributed by atoms with Crippen LogP contribution in [0.1, 0.15) is 32.1 Å². The number of benzene rings is 1. The first-order chi connectivity index (χ1) is 8.65. The summed E-state index contributed by atoms with van der Waals surface area (Å²) in [5.74, 6) is 1.44. The van der Waals surface area contributed by atoms with Crippen LogP contribution in [-0.4, -0.2) is 17.0 Å². The molecule has 0 saturated heterocycles. The quantitative estimate of drug-likeness (QED) is 0.636. The summed E-state index contributed by atoms with van der Waals surface area (Å²) < 4.78 is 0. The summed E-state index contributed by atoms with van der Waals surface area (Å²) >= 11 is 7.47. The number of nitrogen functional groups attached to an aromatic ring is 1. The summed E-state index contributed by atoms with van der Waals surface area (Å²) in [5.41, 5.74) is 6.58. The largest absolute Gasteiger partial charge is 0.398 e. The van der Waals surface area contributed by atoms with Crippen molar-refractivity contribution in [1.82, 2.24) is 0 Å². The fourth-order valence-electron chi connectivity index (χ4n) is 2.54. The van der Waals surface area contributed by atoms with E-state index < -0.39 is 0 Å². The maximum absolute atomic E-state index is 10.0. The predicted molar refractivity (Wildman–Crippen MR) is 79.2 cm³/mol. The highest BCUT2D eigenvalue weighted by Crippen LogP contribution is 2.32. The van der Waals surface area contributed by atoms with Crippen LogP contribution >= 0.6 is 23.4 Å². The standard InChI is InChI=1S/C14H20ClNOS/c15-11-5-6-14(13(16)8-11)18-9-12(17)7-10-3-1-2-4-10/h5-6,8,10,12,17H,1-4,7,9,16H2. The van der Waals surface area contributed by atoms with Gasteiger partial charge in [-0.15, -0.1) is 11.8 Å². The van der Waals surface area contributed by atoms with E-state index in [1.54, 1.807) is 17.8 Å². The Morgan fingerprint density at radius 3 is 2.78 bits per heavy atom. The molecule has 100 valence electrons. The van der Waals surface area contributed by atoms with E-state index in [2.05, 4.69) is 0 Å². The SMILES string of the molecule is Nc1cc(Cl)ccc1SCC(O)CC1CCCC1. The Labute approximate surface area is 118 Å². The zero-order valence-electron chi connectivity index (χ0n) is 10.4. The van der Waals surface area contributed by atoms with E-state index >= 15 is 0 Å². The molecule has 1 fully saturated rings. The first-order valence-electron chi connectivity index (χ1n) is 6.51. The summed E-state index contributed by atoms with van der Waals surface area (Å²) in [6, 6.07) is 5.52. The number of nitrogens with two attached hydrogens (primary N) is 1. The number of aliphatic hydroxyl groups is 1. The molecule has 1 saturated carbocycles. The molecule has 2 rings (SSSR count). The highest BCUT2D eigenvalue weighted by molar-refractivity contribution is 7.99. The summed E-state index contributed by atoms with van der Waals surface area (Å²) in [6.07, 6.45) is 5.92. The normalized spacial score (nSPS) is 18.1. The minimum Gasteiger partial charge on any atom is -0.398 e. The molecule has 18 heavy (non-hydrogen) atoms. The molecule has 0 spiro atoms. The van der Waals surface area contributed by atoms with Gasteiger partial charge >= 0.3 is 0 Å². The summed E-state index contributed by atoms with van der Waals surface area (Å²) in [7, 11) is 0. The Balaban J connectivity index is 1.79. The highest BCUT2D eigenvalue weighted by Gasteiger charge is 2.19. The molecule has 4 heteroatoms. The van der Waals surface area contributed by atoms with E-state index in [0.717, 1.165) is 17.2 Å². The number of halogens is 1. The Hall–Kier alpha value is -0.380. The zero-order chi connectivity index (χ0) is 13.0. The van der Waals surface area contributed by atoms with Gasteiger partial charge in [0, 0.05) is 21.4 Å². The van der Waals surface area contributed by atoms with Gasteiger partial charge in [0.1, 0.15) is 0 Å². The van der Waals surface area contributed by atoms with Crippen molar-refractivity contribution in [3.63, 3.8) is 0 Å². The Kier molecular flexibility index (Phi) is 5.22. The molecule has 0 aliphatic heterocycles. The second-order valence-corrected chi connectivity index (χ2v) is 6.53. The third kappa shape index (κ3) is 4.08. The fourth-order valence-corrected chi connectivity index (χ4v) is 3.61. The molecule has 1 aromatic carbocycles. The predicted octanol–water partition coefficient (Wildman–Crippen LogP) is 3.96. The third-order valence-corrected chi connectivity index (χ3v) is 4.95. The molecule has 3 N–H and O–H groups in total. The number of rotatable bonds is 5. The average molecular weight is 286 g/mol. The minimum absolute atomic E-state index is 0.229. The van der Waals surface area contributed by atoms with Crippen LogP contribution in [0.3, 0.4) is 0 Å². The molecule has 1 aliphatic rings. The van der Waals surface area contributed by atoms with Gasteiger partial charge in [0.2, 0.25) is 0 Å². The lowest BCUT2D eigenvalue weighted by Gasteiger charge is -2.15. The van der Waals surface area contributed by atoms with E-state index in [4.69, 9.17) is 17.3 Å². The minimum atomic E-state index is -0.229. The highest BCUT2D eigenvalue weighted by atomic mass is 35.5. The smallest absolute Gasteiger partial charge is 0.0636 e. The van der Waals surface area contributed by atoms with Crippen molar-refractivity contribution in [2.75, 3.05) is 11.5 Å². The number of hydrogen-bond acceptors (Lipinski definition) is 3. The Bertz CT molecular complexity index is 393. The molecule has 0 bridgehead atoms. The summed E-state index contributed by atoms with van der Waals surface area (Å²) in [4.78, 5) is 1.00. The van der Waals surface area contributed by atoms with Gasteiger partial charge in [0.05, 0.1) is 6.10 Å². The first kappa shape index (κ1) is 14.0. The van der Waals surface area contributed by atoms with Crippen molar-refractivity contribution in [2.24, 2.45) is 5.92 Å². The maximum Gasteiger partial charge on any atom is 0.0636 e. The Morgan fingerprint density at radius 1 is 1.39 bits per heavy atom. The average Bonchev–Trinajstić information content (AvgIpc) is 2.80. The van der Waals surface area contributed by atoms with E-state index in [1.807, 2.05) is 12.1 Å². The van der Waals surface area contributed by atoms with Crippen LogP contribution < -0.4 is 5.73 Å². The van der Waals surface area contributed by atoms with Crippen LogP contribution in [0.25, 0.3) is 0 Å². The van der Waals surface area contributed by atoms with Crippen LogP contribution in [0.15, 0.2) is 23.1 Å². The fraction of sp³-hybridized carbons (Fsp3) is 0.571. The maximum atomic E-state index is 10.0. The molecule has 2 nitrogen and oxygen atoms in total. The topological polar surface area (TPSA) is 46.2 Å². The molecular weight excluding hydrogens is 266 g/mol. The van der Waals surface area contributed by atoms with Crippen molar-refractivity contribution in [2.45, 2.75) is 43.1 Å². The lowest BCUT2D eigenvalue weighted by atomic mass is 10.0. The van der Waals surface area contributed by atoms with Crippen LogP contribution in [0.4, 0.5) is 5.69 Å². The van der Waals surface area contributed by atoms with Crippen molar-refractivity contribution in [3.8, 4) is 0 Å².